The van der Waals surface area contributed by atoms with E-state index in [2.05, 4.69) is 5.32 Å². The summed E-state index contributed by atoms with van der Waals surface area (Å²) in [5.74, 6) is 0.430. The van der Waals surface area contributed by atoms with E-state index in [-0.39, 0.29) is 10.9 Å². The van der Waals surface area contributed by atoms with Crippen LogP contribution in [0.3, 0.4) is 0 Å². The summed E-state index contributed by atoms with van der Waals surface area (Å²) in [7, 11) is 0.489. The number of nitrogens with zero attached hydrogens (tertiary/aromatic N) is 1. The number of benzene rings is 1. The number of nitro groups is 1. The van der Waals surface area contributed by atoms with Crippen LogP contribution in [0.25, 0.3) is 0 Å². The summed E-state index contributed by atoms with van der Waals surface area (Å²) in [5.41, 5.74) is 0.349. The van der Waals surface area contributed by atoms with E-state index in [9.17, 15) is 14.3 Å². The summed E-state index contributed by atoms with van der Waals surface area (Å²) in [6.45, 7) is 2.23. The molecule has 0 amide bonds. The third-order valence-electron chi connectivity index (χ3n) is 2.55. The molecule has 0 saturated heterocycles. The monoisotopic (exact) mass is 272 g/mol. The molecule has 0 aliphatic heterocycles. The maximum atomic E-state index is 11.2. The van der Waals surface area contributed by atoms with Crippen molar-refractivity contribution >= 4 is 22.2 Å². The number of rotatable bonds is 6. The maximum Gasteiger partial charge on any atom is 0.296 e. The smallest absolute Gasteiger partial charge is 0.296 e. The minimum atomic E-state index is -0.964. The van der Waals surface area contributed by atoms with Gasteiger partial charge >= 0.3 is 0 Å². The molecule has 0 aromatic heterocycles. The van der Waals surface area contributed by atoms with Crippen LogP contribution in [0.5, 0.6) is 5.75 Å². The van der Waals surface area contributed by atoms with Crippen LogP contribution in [-0.4, -0.2) is 34.3 Å². The van der Waals surface area contributed by atoms with E-state index in [4.69, 9.17) is 4.74 Å². The van der Waals surface area contributed by atoms with E-state index in [0.717, 1.165) is 0 Å². The lowest BCUT2D eigenvalue weighted by Crippen LogP contribution is -2.21. The van der Waals surface area contributed by atoms with Crippen LogP contribution < -0.4 is 10.1 Å². The number of ether oxygens (including phenoxy) is 1. The molecular weight excluding hydrogens is 256 g/mol. The second-order valence-electron chi connectivity index (χ2n) is 3.83. The molecule has 6 nitrogen and oxygen atoms in total. The van der Waals surface area contributed by atoms with Crippen molar-refractivity contribution in [2.75, 3.05) is 25.2 Å². The van der Waals surface area contributed by atoms with Crippen LogP contribution in [-0.2, 0) is 10.8 Å². The molecule has 0 heterocycles. The van der Waals surface area contributed by atoms with Crippen molar-refractivity contribution in [3.8, 4) is 5.75 Å². The van der Waals surface area contributed by atoms with E-state index in [1.165, 1.54) is 13.2 Å². The Labute approximate surface area is 108 Å². The number of nitrogens with one attached hydrogen (secondary N) is 1. The van der Waals surface area contributed by atoms with Gasteiger partial charge in [0.1, 0.15) is 11.4 Å². The van der Waals surface area contributed by atoms with Gasteiger partial charge in [0, 0.05) is 28.9 Å². The molecule has 2 unspecified atom stereocenters. The predicted octanol–water partition coefficient (Wildman–Crippen LogP) is 1.78. The van der Waals surface area contributed by atoms with Gasteiger partial charge in [-0.2, -0.15) is 0 Å². The van der Waals surface area contributed by atoms with Crippen LogP contribution in [0.4, 0.5) is 11.4 Å². The van der Waals surface area contributed by atoms with Crippen molar-refractivity contribution in [3.05, 3.63) is 28.3 Å². The molecule has 1 rings (SSSR count). The summed E-state index contributed by atoms with van der Waals surface area (Å²) >= 11 is 0. The van der Waals surface area contributed by atoms with Gasteiger partial charge in [-0.1, -0.05) is 0 Å². The fourth-order valence-electron chi connectivity index (χ4n) is 1.31. The largest absolute Gasteiger partial charge is 0.496 e. The van der Waals surface area contributed by atoms with Crippen LogP contribution in [0.15, 0.2) is 18.2 Å². The van der Waals surface area contributed by atoms with Gasteiger partial charge in [0.05, 0.1) is 18.1 Å². The van der Waals surface area contributed by atoms with Crippen molar-refractivity contribution in [1.29, 1.82) is 0 Å². The standard InChI is InChI=1S/C11H16N2O4S/c1-8(18(3)16)7-12-10-5-4-9(17-2)6-11(10)13(14)15/h4-6,8,12H,7H2,1-3H3. The highest BCUT2D eigenvalue weighted by molar-refractivity contribution is 7.84. The number of anilines is 1. The first kappa shape index (κ1) is 14.4. The van der Waals surface area contributed by atoms with Gasteiger partial charge in [0.2, 0.25) is 0 Å². The van der Waals surface area contributed by atoms with Gasteiger partial charge < -0.3 is 10.1 Å². The number of nitro benzene ring substituents is 1. The topological polar surface area (TPSA) is 81.5 Å². The highest BCUT2D eigenvalue weighted by Gasteiger charge is 2.16. The molecule has 2 atom stereocenters. The van der Waals surface area contributed by atoms with E-state index in [1.54, 1.807) is 18.4 Å². The molecule has 0 radical (unpaired) electrons. The Kier molecular flexibility index (Phi) is 5.08. The molecule has 1 N–H and O–H groups in total. The number of methoxy groups -OCH3 is 1. The second kappa shape index (κ2) is 6.34. The Bertz CT molecular complexity index is 464. The van der Waals surface area contributed by atoms with Crippen molar-refractivity contribution in [2.24, 2.45) is 0 Å². The molecule has 7 heteroatoms. The molecule has 1 aromatic carbocycles. The van der Waals surface area contributed by atoms with Crippen molar-refractivity contribution in [1.82, 2.24) is 0 Å². The number of hydrogen-bond donors (Lipinski definition) is 1. The Morgan fingerprint density at radius 2 is 2.22 bits per heavy atom. The van der Waals surface area contributed by atoms with Crippen LogP contribution in [0.2, 0.25) is 0 Å². The Morgan fingerprint density at radius 3 is 2.72 bits per heavy atom. The van der Waals surface area contributed by atoms with Gasteiger partial charge in [0.15, 0.2) is 0 Å². The molecule has 0 bridgehead atoms. The van der Waals surface area contributed by atoms with Crippen molar-refractivity contribution < 1.29 is 13.9 Å². The van der Waals surface area contributed by atoms with Gasteiger partial charge in [0.25, 0.3) is 5.69 Å². The first-order valence-electron chi connectivity index (χ1n) is 5.34. The van der Waals surface area contributed by atoms with Gasteiger partial charge in [-0.3, -0.25) is 14.3 Å². The summed E-state index contributed by atoms with van der Waals surface area (Å²) in [6.07, 6.45) is 1.61. The molecule has 100 valence electrons. The number of hydrogen-bond acceptors (Lipinski definition) is 5. The predicted molar refractivity (Wildman–Crippen MR) is 71.7 cm³/mol. The minimum Gasteiger partial charge on any atom is -0.496 e. The molecule has 0 aliphatic carbocycles. The lowest BCUT2D eigenvalue weighted by molar-refractivity contribution is -0.384. The minimum absolute atomic E-state index is 0.0524. The molecular formula is C11H16N2O4S. The summed E-state index contributed by atoms with van der Waals surface area (Å²) in [6, 6.07) is 4.58. The highest BCUT2D eigenvalue weighted by atomic mass is 32.2. The third kappa shape index (κ3) is 3.69. The first-order valence-corrected chi connectivity index (χ1v) is 6.96. The second-order valence-corrected chi connectivity index (χ2v) is 5.63. The quantitative estimate of drug-likeness (QED) is 0.630. The molecule has 0 fully saturated rings. The summed E-state index contributed by atoms with van der Waals surface area (Å²) in [5, 5.41) is 13.8. The van der Waals surface area contributed by atoms with Crippen molar-refractivity contribution in [3.63, 3.8) is 0 Å². The zero-order valence-corrected chi connectivity index (χ0v) is 11.3. The van der Waals surface area contributed by atoms with Gasteiger partial charge in [-0.25, -0.2) is 0 Å². The molecule has 0 spiro atoms. The third-order valence-corrected chi connectivity index (χ3v) is 3.85. The maximum absolute atomic E-state index is 11.2. The Balaban J connectivity index is 2.88. The van der Waals surface area contributed by atoms with Crippen molar-refractivity contribution in [2.45, 2.75) is 12.2 Å². The molecule has 0 saturated carbocycles. The zero-order chi connectivity index (χ0) is 13.7. The lowest BCUT2D eigenvalue weighted by atomic mass is 10.2. The first-order chi connectivity index (χ1) is 8.45. The van der Waals surface area contributed by atoms with Crippen LogP contribution in [0.1, 0.15) is 6.92 Å². The summed E-state index contributed by atoms with van der Waals surface area (Å²) < 4.78 is 16.1. The average Bonchev–Trinajstić information content (AvgIpc) is 2.35. The van der Waals surface area contributed by atoms with Gasteiger partial charge in [-0.05, 0) is 19.1 Å². The van der Waals surface area contributed by atoms with E-state index in [0.29, 0.717) is 18.0 Å². The van der Waals surface area contributed by atoms with Crippen LogP contribution in [0, 0.1) is 10.1 Å². The zero-order valence-electron chi connectivity index (χ0n) is 10.5. The molecule has 18 heavy (non-hydrogen) atoms. The lowest BCUT2D eigenvalue weighted by Gasteiger charge is -2.11. The van der Waals surface area contributed by atoms with Crippen LogP contribution >= 0.6 is 0 Å². The molecule has 0 aliphatic rings. The normalized spacial score (nSPS) is 13.7. The van der Waals surface area contributed by atoms with E-state index < -0.39 is 15.7 Å². The fourth-order valence-corrected chi connectivity index (χ4v) is 1.63. The fraction of sp³-hybridized carbons (Fsp3) is 0.455. The average molecular weight is 272 g/mol. The summed E-state index contributed by atoms with van der Waals surface area (Å²) in [4.78, 5) is 10.4. The highest BCUT2D eigenvalue weighted by Crippen LogP contribution is 2.28. The van der Waals surface area contributed by atoms with Gasteiger partial charge in [-0.15, -0.1) is 0 Å². The van der Waals surface area contributed by atoms with E-state index in [1.807, 2.05) is 6.92 Å². The SMILES string of the molecule is COc1ccc(NCC(C)S(C)=O)c([N+](=O)[O-])c1. The Morgan fingerprint density at radius 1 is 1.56 bits per heavy atom. The Hall–Kier alpha value is -1.63. The van der Waals surface area contributed by atoms with E-state index >= 15 is 0 Å². The molecule has 1 aromatic rings.